The molecular formula is C15H24O. The van der Waals surface area contributed by atoms with Crippen LogP contribution in [-0.4, -0.2) is 11.7 Å². The van der Waals surface area contributed by atoms with Crippen molar-refractivity contribution in [1.82, 2.24) is 0 Å². The summed E-state index contributed by atoms with van der Waals surface area (Å²) >= 11 is 0. The summed E-state index contributed by atoms with van der Waals surface area (Å²) < 4.78 is 6.26. The van der Waals surface area contributed by atoms with Crippen LogP contribution in [-0.2, 0) is 4.74 Å². The molecule has 1 fully saturated rings. The Kier molecular flexibility index (Phi) is 3.25. The average molecular weight is 220 g/mol. The van der Waals surface area contributed by atoms with Gasteiger partial charge in [-0.05, 0) is 58.8 Å². The Balaban J connectivity index is 2.02. The molecule has 1 heterocycles. The van der Waals surface area contributed by atoms with E-state index in [-0.39, 0.29) is 5.60 Å². The van der Waals surface area contributed by atoms with Crippen molar-refractivity contribution in [3.05, 3.63) is 23.8 Å². The Labute approximate surface area is 99.6 Å². The lowest BCUT2D eigenvalue weighted by Gasteiger charge is -2.36. The molecule has 3 unspecified atom stereocenters. The van der Waals surface area contributed by atoms with E-state index in [0.717, 1.165) is 6.42 Å². The second-order valence-corrected chi connectivity index (χ2v) is 5.83. The summed E-state index contributed by atoms with van der Waals surface area (Å²) in [5.74, 6) is 0.709. The van der Waals surface area contributed by atoms with E-state index in [1.165, 1.54) is 31.3 Å². The number of allylic oxidation sites excluding steroid dienone is 2. The van der Waals surface area contributed by atoms with Gasteiger partial charge < -0.3 is 4.74 Å². The molecule has 1 aliphatic carbocycles. The zero-order valence-electron chi connectivity index (χ0n) is 10.9. The fraction of sp³-hybridized carbons (Fsp3) is 0.733. The molecule has 0 aromatic carbocycles. The molecule has 1 aliphatic heterocycles. The summed E-state index contributed by atoms with van der Waals surface area (Å²) in [6, 6.07) is 0. The summed E-state index contributed by atoms with van der Waals surface area (Å²) in [5.41, 5.74) is 2.83. The third-order valence-electron chi connectivity index (χ3n) is 4.37. The Morgan fingerprint density at radius 1 is 1.50 bits per heavy atom. The lowest BCUT2D eigenvalue weighted by atomic mass is 9.77. The molecule has 0 bridgehead atoms. The van der Waals surface area contributed by atoms with Crippen molar-refractivity contribution in [3.63, 3.8) is 0 Å². The van der Waals surface area contributed by atoms with Gasteiger partial charge in [-0.3, -0.25) is 0 Å². The first kappa shape index (κ1) is 11.9. The topological polar surface area (TPSA) is 9.23 Å². The van der Waals surface area contributed by atoms with Crippen LogP contribution in [0.15, 0.2) is 23.8 Å². The standard InChI is InChI=1S/C15H24O/c1-11(2)14-9-10-15(4,16-14)13-7-5-12(3)6-8-13/h5,13-14H,1,6-10H2,2-4H3. The number of ether oxygens (including phenoxy) is 1. The Hall–Kier alpha value is -0.560. The minimum atomic E-state index is 0.0980. The molecule has 0 spiro atoms. The van der Waals surface area contributed by atoms with Crippen LogP contribution in [0.4, 0.5) is 0 Å². The highest BCUT2D eigenvalue weighted by Gasteiger charge is 2.42. The summed E-state index contributed by atoms with van der Waals surface area (Å²) in [7, 11) is 0. The molecule has 2 aliphatic rings. The van der Waals surface area contributed by atoms with Crippen LogP contribution >= 0.6 is 0 Å². The van der Waals surface area contributed by atoms with Crippen LogP contribution in [0.5, 0.6) is 0 Å². The zero-order valence-corrected chi connectivity index (χ0v) is 10.9. The maximum atomic E-state index is 6.26. The molecule has 2 rings (SSSR count). The predicted octanol–water partition coefficient (Wildman–Crippen LogP) is 4.25. The van der Waals surface area contributed by atoms with E-state index in [1.54, 1.807) is 5.57 Å². The molecule has 0 amide bonds. The highest BCUT2D eigenvalue weighted by Crippen LogP contribution is 2.43. The molecule has 1 saturated heterocycles. The molecule has 0 radical (unpaired) electrons. The molecule has 90 valence electrons. The van der Waals surface area contributed by atoms with Crippen LogP contribution in [0.1, 0.15) is 52.9 Å². The first-order chi connectivity index (χ1) is 7.51. The lowest BCUT2D eigenvalue weighted by Crippen LogP contribution is -2.35. The minimum absolute atomic E-state index is 0.0980. The van der Waals surface area contributed by atoms with Gasteiger partial charge in [0.1, 0.15) is 0 Å². The van der Waals surface area contributed by atoms with Crippen LogP contribution in [0, 0.1) is 5.92 Å². The van der Waals surface area contributed by atoms with Crippen molar-refractivity contribution in [1.29, 1.82) is 0 Å². The van der Waals surface area contributed by atoms with E-state index < -0.39 is 0 Å². The van der Waals surface area contributed by atoms with E-state index in [1.807, 2.05) is 0 Å². The molecule has 0 saturated carbocycles. The molecule has 3 atom stereocenters. The Morgan fingerprint density at radius 3 is 2.75 bits per heavy atom. The predicted molar refractivity (Wildman–Crippen MR) is 68.4 cm³/mol. The van der Waals surface area contributed by atoms with E-state index >= 15 is 0 Å². The molecule has 0 aromatic rings. The zero-order chi connectivity index (χ0) is 11.8. The average Bonchev–Trinajstić information content (AvgIpc) is 2.63. The highest BCUT2D eigenvalue weighted by atomic mass is 16.5. The van der Waals surface area contributed by atoms with E-state index in [4.69, 9.17) is 4.74 Å². The monoisotopic (exact) mass is 220 g/mol. The summed E-state index contributed by atoms with van der Waals surface area (Å²) in [6.45, 7) is 10.6. The first-order valence-corrected chi connectivity index (χ1v) is 6.50. The van der Waals surface area contributed by atoms with E-state index in [2.05, 4.69) is 33.4 Å². The van der Waals surface area contributed by atoms with Crippen LogP contribution in [0.25, 0.3) is 0 Å². The van der Waals surface area contributed by atoms with Crippen molar-refractivity contribution in [2.75, 3.05) is 0 Å². The maximum Gasteiger partial charge on any atom is 0.0788 e. The Morgan fingerprint density at radius 2 is 2.25 bits per heavy atom. The third-order valence-corrected chi connectivity index (χ3v) is 4.37. The minimum Gasteiger partial charge on any atom is -0.367 e. The number of hydrogen-bond acceptors (Lipinski definition) is 1. The maximum absolute atomic E-state index is 6.26. The van der Waals surface area contributed by atoms with Gasteiger partial charge in [0.25, 0.3) is 0 Å². The SMILES string of the molecule is C=C(C)C1CCC(C)(C2CC=C(C)CC2)O1. The van der Waals surface area contributed by atoms with Gasteiger partial charge >= 0.3 is 0 Å². The first-order valence-electron chi connectivity index (χ1n) is 6.50. The molecule has 16 heavy (non-hydrogen) atoms. The second-order valence-electron chi connectivity index (χ2n) is 5.83. The Bertz CT molecular complexity index is 315. The van der Waals surface area contributed by atoms with Crippen molar-refractivity contribution in [2.45, 2.75) is 64.6 Å². The van der Waals surface area contributed by atoms with Crippen molar-refractivity contribution in [3.8, 4) is 0 Å². The fourth-order valence-electron chi connectivity index (χ4n) is 3.03. The summed E-state index contributed by atoms with van der Waals surface area (Å²) in [5, 5.41) is 0. The molecule has 0 N–H and O–H groups in total. The van der Waals surface area contributed by atoms with Crippen molar-refractivity contribution >= 4 is 0 Å². The van der Waals surface area contributed by atoms with Crippen LogP contribution in [0.2, 0.25) is 0 Å². The highest BCUT2D eigenvalue weighted by molar-refractivity contribution is 5.09. The lowest BCUT2D eigenvalue weighted by molar-refractivity contribution is -0.0582. The van der Waals surface area contributed by atoms with Gasteiger partial charge in [0, 0.05) is 0 Å². The van der Waals surface area contributed by atoms with E-state index in [9.17, 15) is 0 Å². The number of hydrogen-bond donors (Lipinski definition) is 0. The molecule has 0 aromatic heterocycles. The quantitative estimate of drug-likeness (QED) is 0.632. The van der Waals surface area contributed by atoms with Crippen LogP contribution < -0.4 is 0 Å². The van der Waals surface area contributed by atoms with Gasteiger partial charge in [-0.25, -0.2) is 0 Å². The van der Waals surface area contributed by atoms with Crippen LogP contribution in [0.3, 0.4) is 0 Å². The smallest absolute Gasteiger partial charge is 0.0788 e. The van der Waals surface area contributed by atoms with Crippen molar-refractivity contribution < 1.29 is 4.74 Å². The van der Waals surface area contributed by atoms with Gasteiger partial charge in [-0.2, -0.15) is 0 Å². The third kappa shape index (κ3) is 2.24. The number of rotatable bonds is 2. The summed E-state index contributed by atoms with van der Waals surface area (Å²) in [4.78, 5) is 0. The van der Waals surface area contributed by atoms with Gasteiger partial charge in [0.2, 0.25) is 0 Å². The van der Waals surface area contributed by atoms with E-state index in [0.29, 0.717) is 12.0 Å². The van der Waals surface area contributed by atoms with Gasteiger partial charge in [-0.1, -0.05) is 23.8 Å². The molecule has 1 heteroatoms. The molecular weight excluding hydrogens is 196 g/mol. The largest absolute Gasteiger partial charge is 0.367 e. The molecule has 1 nitrogen and oxygen atoms in total. The van der Waals surface area contributed by atoms with Gasteiger partial charge in [0.15, 0.2) is 0 Å². The van der Waals surface area contributed by atoms with Gasteiger partial charge in [-0.15, -0.1) is 0 Å². The van der Waals surface area contributed by atoms with Gasteiger partial charge in [0.05, 0.1) is 11.7 Å². The van der Waals surface area contributed by atoms with Crippen molar-refractivity contribution in [2.24, 2.45) is 5.92 Å². The fourth-order valence-corrected chi connectivity index (χ4v) is 3.03. The normalized spacial score (nSPS) is 39.6. The second kappa shape index (κ2) is 4.37. The summed E-state index contributed by atoms with van der Waals surface area (Å²) in [6.07, 6.45) is 8.80.